The van der Waals surface area contributed by atoms with E-state index in [1.54, 1.807) is 0 Å². The van der Waals surface area contributed by atoms with E-state index >= 15 is 0 Å². The summed E-state index contributed by atoms with van der Waals surface area (Å²) in [6, 6.07) is 0.00916. The summed E-state index contributed by atoms with van der Waals surface area (Å²) in [6.45, 7) is -0.109. The summed E-state index contributed by atoms with van der Waals surface area (Å²) in [5.74, 6) is -9.03. The highest BCUT2D eigenvalue weighted by atomic mass is 32.2. The maximum Gasteiger partial charge on any atom is 0.260 e. The molecule has 122 valence electrons. The highest BCUT2D eigenvalue weighted by molar-refractivity contribution is 7.89. The molecule has 1 saturated heterocycles. The number of halogens is 4. The summed E-state index contributed by atoms with van der Waals surface area (Å²) in [7, 11) is -3.76. The first-order valence-electron chi connectivity index (χ1n) is 6.23. The molecule has 0 radical (unpaired) electrons. The molecule has 0 aliphatic carbocycles. The second kappa shape index (κ2) is 5.84. The van der Waals surface area contributed by atoms with Gasteiger partial charge in [0.1, 0.15) is 5.56 Å². The maximum atomic E-state index is 13.6. The summed E-state index contributed by atoms with van der Waals surface area (Å²) >= 11 is 0. The molecule has 1 unspecified atom stereocenters. The van der Waals surface area contributed by atoms with Gasteiger partial charge >= 0.3 is 0 Å². The standard InChI is InChI=1S/C12H12F4N2O3S/c13-7-3-8(14)11(16)9(10(7)15)12(19)18-2-1-6(4-18)5-22(17,20)21/h3,6H,1-2,4-5H2,(H2,17,20,21). The van der Waals surface area contributed by atoms with Crippen molar-refractivity contribution in [1.82, 2.24) is 4.90 Å². The van der Waals surface area contributed by atoms with E-state index < -0.39 is 50.7 Å². The Bertz CT molecular complexity index is 697. The van der Waals surface area contributed by atoms with Gasteiger partial charge in [-0.2, -0.15) is 0 Å². The average molecular weight is 340 g/mol. The molecule has 1 aromatic rings. The van der Waals surface area contributed by atoms with Crippen LogP contribution in [0.3, 0.4) is 0 Å². The number of hydrogen-bond donors (Lipinski definition) is 1. The zero-order chi connectivity index (χ0) is 16.7. The van der Waals surface area contributed by atoms with E-state index in [0.717, 1.165) is 4.90 Å². The Morgan fingerprint density at radius 3 is 2.27 bits per heavy atom. The molecule has 1 aliphatic rings. The van der Waals surface area contributed by atoms with Crippen LogP contribution >= 0.6 is 0 Å². The molecule has 1 fully saturated rings. The third-order valence-corrected chi connectivity index (χ3v) is 4.30. The molecule has 1 atom stereocenters. The van der Waals surface area contributed by atoms with Crippen molar-refractivity contribution >= 4 is 15.9 Å². The van der Waals surface area contributed by atoms with E-state index in [-0.39, 0.29) is 31.3 Å². The van der Waals surface area contributed by atoms with Gasteiger partial charge in [-0.15, -0.1) is 0 Å². The van der Waals surface area contributed by atoms with Gasteiger partial charge in [-0.1, -0.05) is 0 Å². The molecule has 2 rings (SSSR count). The van der Waals surface area contributed by atoms with Crippen molar-refractivity contribution in [2.75, 3.05) is 18.8 Å². The first kappa shape index (κ1) is 16.7. The Balaban J connectivity index is 2.24. The van der Waals surface area contributed by atoms with Crippen molar-refractivity contribution in [2.24, 2.45) is 11.1 Å². The second-order valence-corrected chi connectivity index (χ2v) is 6.74. The summed E-state index contributed by atoms with van der Waals surface area (Å²) in [5.41, 5.74) is -1.33. The molecular formula is C12H12F4N2O3S. The molecule has 0 spiro atoms. The number of benzene rings is 1. The molecule has 0 bridgehead atoms. The molecule has 1 amide bonds. The van der Waals surface area contributed by atoms with Crippen molar-refractivity contribution in [2.45, 2.75) is 6.42 Å². The maximum absolute atomic E-state index is 13.6. The topological polar surface area (TPSA) is 80.5 Å². The summed E-state index contributed by atoms with van der Waals surface area (Å²) in [5, 5.41) is 4.89. The van der Waals surface area contributed by atoms with Crippen LogP contribution in [0.25, 0.3) is 0 Å². The lowest BCUT2D eigenvalue weighted by atomic mass is 10.1. The Hall–Kier alpha value is -1.68. The monoisotopic (exact) mass is 340 g/mol. The molecule has 22 heavy (non-hydrogen) atoms. The van der Waals surface area contributed by atoms with E-state index in [9.17, 15) is 30.8 Å². The van der Waals surface area contributed by atoms with E-state index in [0.29, 0.717) is 0 Å². The van der Waals surface area contributed by atoms with Crippen LogP contribution in [0.5, 0.6) is 0 Å². The van der Waals surface area contributed by atoms with E-state index in [1.165, 1.54) is 0 Å². The fourth-order valence-electron chi connectivity index (χ4n) is 2.40. The lowest BCUT2D eigenvalue weighted by Crippen LogP contribution is -2.32. The minimum absolute atomic E-state index is 0.00916. The summed E-state index contributed by atoms with van der Waals surface area (Å²) < 4.78 is 75.3. The van der Waals surface area contributed by atoms with Gasteiger partial charge in [-0.25, -0.2) is 31.1 Å². The van der Waals surface area contributed by atoms with Gasteiger partial charge in [0.2, 0.25) is 10.0 Å². The Kier molecular flexibility index (Phi) is 4.43. The number of amides is 1. The predicted molar refractivity (Wildman–Crippen MR) is 68.3 cm³/mol. The number of carbonyl (C=O) groups excluding carboxylic acids is 1. The molecular weight excluding hydrogens is 328 g/mol. The predicted octanol–water partition coefficient (Wildman–Crippen LogP) is 0.994. The molecule has 1 heterocycles. The number of carbonyl (C=O) groups is 1. The fraction of sp³-hybridized carbons (Fsp3) is 0.417. The fourth-order valence-corrected chi connectivity index (χ4v) is 3.33. The third kappa shape index (κ3) is 3.38. The van der Waals surface area contributed by atoms with Gasteiger partial charge in [0, 0.05) is 19.2 Å². The smallest absolute Gasteiger partial charge is 0.260 e. The molecule has 1 aromatic carbocycles. The van der Waals surface area contributed by atoms with Crippen LogP contribution in [0.4, 0.5) is 17.6 Å². The normalized spacial score (nSPS) is 18.8. The number of rotatable bonds is 3. The van der Waals surface area contributed by atoms with Crippen LogP contribution < -0.4 is 5.14 Å². The quantitative estimate of drug-likeness (QED) is 0.658. The molecule has 0 saturated carbocycles. The number of nitrogens with two attached hydrogens (primary N) is 1. The molecule has 10 heteroatoms. The number of hydrogen-bond acceptors (Lipinski definition) is 3. The van der Waals surface area contributed by atoms with Crippen molar-refractivity contribution < 1.29 is 30.8 Å². The van der Waals surface area contributed by atoms with Crippen LogP contribution in [0.2, 0.25) is 0 Å². The third-order valence-electron chi connectivity index (χ3n) is 3.37. The minimum atomic E-state index is -3.76. The zero-order valence-corrected chi connectivity index (χ0v) is 12.0. The highest BCUT2D eigenvalue weighted by Gasteiger charge is 2.33. The Morgan fingerprint density at radius 1 is 1.23 bits per heavy atom. The van der Waals surface area contributed by atoms with E-state index in [2.05, 4.69) is 0 Å². The van der Waals surface area contributed by atoms with Gasteiger partial charge in [0.25, 0.3) is 5.91 Å². The largest absolute Gasteiger partial charge is 0.338 e. The number of likely N-dealkylation sites (tertiary alicyclic amines) is 1. The van der Waals surface area contributed by atoms with Crippen LogP contribution in [-0.4, -0.2) is 38.1 Å². The van der Waals surface area contributed by atoms with Crippen LogP contribution in [0.15, 0.2) is 6.07 Å². The minimum Gasteiger partial charge on any atom is -0.338 e. The van der Waals surface area contributed by atoms with Crippen LogP contribution in [-0.2, 0) is 10.0 Å². The van der Waals surface area contributed by atoms with Gasteiger partial charge in [-0.05, 0) is 12.3 Å². The molecule has 2 N–H and O–H groups in total. The van der Waals surface area contributed by atoms with Gasteiger partial charge < -0.3 is 4.90 Å². The SMILES string of the molecule is NS(=O)(=O)CC1CCN(C(=O)c2c(F)c(F)cc(F)c2F)C1. The van der Waals surface area contributed by atoms with E-state index in [4.69, 9.17) is 5.14 Å². The van der Waals surface area contributed by atoms with Crippen molar-refractivity contribution in [1.29, 1.82) is 0 Å². The summed E-state index contributed by atoms with van der Waals surface area (Å²) in [6.07, 6.45) is 0.253. The lowest BCUT2D eigenvalue weighted by molar-refractivity contribution is 0.0775. The average Bonchev–Trinajstić information content (AvgIpc) is 2.82. The van der Waals surface area contributed by atoms with Crippen LogP contribution in [0, 0.1) is 29.2 Å². The van der Waals surface area contributed by atoms with Crippen molar-refractivity contribution in [3.05, 3.63) is 34.9 Å². The second-order valence-electron chi connectivity index (χ2n) is 5.08. The Morgan fingerprint density at radius 2 is 1.77 bits per heavy atom. The molecule has 5 nitrogen and oxygen atoms in total. The van der Waals surface area contributed by atoms with Crippen molar-refractivity contribution in [3.63, 3.8) is 0 Å². The van der Waals surface area contributed by atoms with Crippen molar-refractivity contribution in [3.8, 4) is 0 Å². The van der Waals surface area contributed by atoms with Crippen LogP contribution in [0.1, 0.15) is 16.8 Å². The lowest BCUT2D eigenvalue weighted by Gasteiger charge is -2.17. The number of primary sulfonamides is 1. The van der Waals surface area contributed by atoms with E-state index in [1.807, 2.05) is 0 Å². The van der Waals surface area contributed by atoms with Gasteiger partial charge in [0.15, 0.2) is 23.3 Å². The molecule has 1 aliphatic heterocycles. The Labute approximate surface area is 123 Å². The first-order chi connectivity index (χ1) is 10.1. The zero-order valence-electron chi connectivity index (χ0n) is 11.2. The number of nitrogens with zero attached hydrogens (tertiary/aromatic N) is 1. The first-order valence-corrected chi connectivity index (χ1v) is 7.94. The van der Waals surface area contributed by atoms with Gasteiger partial charge in [0.05, 0.1) is 5.75 Å². The summed E-state index contributed by atoms with van der Waals surface area (Å²) in [4.78, 5) is 13.0. The van der Waals surface area contributed by atoms with Gasteiger partial charge in [-0.3, -0.25) is 4.79 Å². The molecule has 0 aromatic heterocycles. The highest BCUT2D eigenvalue weighted by Crippen LogP contribution is 2.24. The number of sulfonamides is 1.